The minimum absolute atomic E-state index is 0.0636. The number of fused-ring (bicyclic) bond motifs is 1. The molecular formula is C15H19F3N4O. The molecule has 5 nitrogen and oxygen atoms in total. The maximum absolute atomic E-state index is 13.9. The largest absolute Gasteiger partial charge is 0.391 e. The van der Waals surface area contributed by atoms with Crippen LogP contribution in [0.3, 0.4) is 0 Å². The number of nitrogens with zero attached hydrogens (tertiary/aromatic N) is 3. The summed E-state index contributed by atoms with van der Waals surface area (Å²) in [6.45, 7) is 3.84. The molecule has 1 aliphatic rings. The fraction of sp³-hybridized carbons (Fsp3) is 0.600. The molecule has 2 N–H and O–H groups in total. The molecule has 3 rings (SSSR count). The van der Waals surface area contributed by atoms with Gasteiger partial charge >= 0.3 is 0 Å². The zero-order valence-corrected chi connectivity index (χ0v) is 12.9. The van der Waals surface area contributed by atoms with Crippen LogP contribution in [-0.2, 0) is 0 Å². The fourth-order valence-electron chi connectivity index (χ4n) is 2.90. The second-order valence-corrected chi connectivity index (χ2v) is 6.37. The third kappa shape index (κ3) is 3.12. The lowest BCUT2D eigenvalue weighted by Crippen LogP contribution is -2.44. The molecule has 8 heteroatoms. The first kappa shape index (κ1) is 16.0. The van der Waals surface area contributed by atoms with E-state index < -0.39 is 30.3 Å². The summed E-state index contributed by atoms with van der Waals surface area (Å²) in [6, 6.07) is 0.865. The van der Waals surface area contributed by atoms with Crippen molar-refractivity contribution < 1.29 is 18.3 Å². The van der Waals surface area contributed by atoms with Gasteiger partial charge < -0.3 is 10.4 Å². The van der Waals surface area contributed by atoms with Crippen molar-refractivity contribution in [1.82, 2.24) is 14.6 Å². The first-order chi connectivity index (χ1) is 10.8. The number of aliphatic hydroxyl groups is 1. The minimum atomic E-state index is -2.84. The van der Waals surface area contributed by atoms with Crippen molar-refractivity contribution in [3.05, 3.63) is 23.8 Å². The normalized spacial score (nSPS) is 24.3. The number of nitrogens with one attached hydrogen (secondary N) is 1. The average molecular weight is 328 g/mol. The van der Waals surface area contributed by atoms with Crippen LogP contribution < -0.4 is 5.32 Å². The van der Waals surface area contributed by atoms with Gasteiger partial charge in [-0.05, 0) is 18.4 Å². The molecule has 2 atom stereocenters. The summed E-state index contributed by atoms with van der Waals surface area (Å²) in [5, 5.41) is 17.0. The minimum Gasteiger partial charge on any atom is -0.391 e. The number of alkyl halides is 2. The topological polar surface area (TPSA) is 62.5 Å². The van der Waals surface area contributed by atoms with Gasteiger partial charge in [0.15, 0.2) is 5.82 Å². The SMILES string of the molecule is CC(C)c1cc(F)c2cnc(N[C@@H]3CCC(F)(F)C[C@H]3O)nn12. The number of anilines is 1. The van der Waals surface area contributed by atoms with E-state index in [1.165, 1.54) is 16.8 Å². The molecule has 0 spiro atoms. The lowest BCUT2D eigenvalue weighted by Gasteiger charge is -2.33. The van der Waals surface area contributed by atoms with Crippen molar-refractivity contribution in [2.24, 2.45) is 0 Å². The molecule has 23 heavy (non-hydrogen) atoms. The van der Waals surface area contributed by atoms with E-state index in [1.807, 2.05) is 13.8 Å². The molecule has 126 valence electrons. The summed E-state index contributed by atoms with van der Waals surface area (Å²) in [4.78, 5) is 4.02. The molecule has 0 unspecified atom stereocenters. The van der Waals surface area contributed by atoms with Crippen LogP contribution in [0.2, 0.25) is 0 Å². The number of aromatic nitrogens is 3. The van der Waals surface area contributed by atoms with Crippen LogP contribution in [0.25, 0.3) is 5.52 Å². The third-order valence-corrected chi connectivity index (χ3v) is 4.20. The number of hydrogen-bond acceptors (Lipinski definition) is 4. The van der Waals surface area contributed by atoms with Crippen LogP contribution in [0, 0.1) is 5.82 Å². The van der Waals surface area contributed by atoms with Gasteiger partial charge in [0.25, 0.3) is 5.92 Å². The zero-order chi connectivity index (χ0) is 16.8. The summed E-state index contributed by atoms with van der Waals surface area (Å²) in [7, 11) is 0. The fourth-order valence-corrected chi connectivity index (χ4v) is 2.90. The molecule has 1 aliphatic carbocycles. The first-order valence-electron chi connectivity index (χ1n) is 7.63. The average Bonchev–Trinajstić information content (AvgIpc) is 2.79. The van der Waals surface area contributed by atoms with Gasteiger partial charge in [0.05, 0.1) is 18.3 Å². The van der Waals surface area contributed by atoms with Gasteiger partial charge in [-0.15, -0.1) is 5.10 Å². The Morgan fingerprint density at radius 1 is 1.43 bits per heavy atom. The predicted octanol–water partition coefficient (Wildman–Crippen LogP) is 2.95. The van der Waals surface area contributed by atoms with E-state index in [4.69, 9.17) is 0 Å². The molecule has 1 saturated carbocycles. The van der Waals surface area contributed by atoms with Gasteiger partial charge in [-0.25, -0.2) is 22.7 Å². The van der Waals surface area contributed by atoms with E-state index in [-0.39, 0.29) is 30.2 Å². The molecule has 0 bridgehead atoms. The van der Waals surface area contributed by atoms with Gasteiger partial charge in [-0.3, -0.25) is 0 Å². The molecule has 0 amide bonds. The van der Waals surface area contributed by atoms with Crippen LogP contribution in [0.5, 0.6) is 0 Å². The van der Waals surface area contributed by atoms with E-state index in [0.29, 0.717) is 5.69 Å². The Kier molecular flexibility index (Phi) is 3.95. The van der Waals surface area contributed by atoms with Crippen LogP contribution in [0.15, 0.2) is 12.3 Å². The lowest BCUT2D eigenvalue weighted by atomic mass is 9.90. The van der Waals surface area contributed by atoms with Crippen molar-refractivity contribution in [3.63, 3.8) is 0 Å². The van der Waals surface area contributed by atoms with Gasteiger partial charge in [0.1, 0.15) is 5.52 Å². The van der Waals surface area contributed by atoms with Crippen molar-refractivity contribution in [2.45, 2.75) is 57.1 Å². The maximum Gasteiger partial charge on any atom is 0.250 e. The molecule has 2 aromatic heterocycles. The zero-order valence-electron chi connectivity index (χ0n) is 12.9. The van der Waals surface area contributed by atoms with Crippen LogP contribution in [0.1, 0.15) is 44.7 Å². The maximum atomic E-state index is 13.9. The molecule has 1 fully saturated rings. The Bertz CT molecular complexity index is 716. The van der Waals surface area contributed by atoms with E-state index >= 15 is 0 Å². The number of hydrogen-bond donors (Lipinski definition) is 2. The summed E-state index contributed by atoms with van der Waals surface area (Å²) >= 11 is 0. The van der Waals surface area contributed by atoms with E-state index in [0.717, 1.165) is 0 Å². The Morgan fingerprint density at radius 2 is 2.17 bits per heavy atom. The van der Waals surface area contributed by atoms with Crippen molar-refractivity contribution >= 4 is 11.5 Å². The van der Waals surface area contributed by atoms with Gasteiger partial charge in [0, 0.05) is 18.5 Å². The summed E-state index contributed by atoms with van der Waals surface area (Å²) in [5.74, 6) is -2.99. The predicted molar refractivity (Wildman–Crippen MR) is 79.2 cm³/mol. The van der Waals surface area contributed by atoms with Crippen molar-refractivity contribution in [2.75, 3.05) is 5.32 Å². The monoisotopic (exact) mass is 328 g/mol. The Hall–Kier alpha value is -1.83. The summed E-state index contributed by atoms with van der Waals surface area (Å²) in [6.07, 6.45) is -0.585. The summed E-state index contributed by atoms with van der Waals surface area (Å²) < 4.78 is 41.8. The third-order valence-electron chi connectivity index (χ3n) is 4.20. The van der Waals surface area contributed by atoms with Crippen LogP contribution in [0.4, 0.5) is 19.1 Å². The number of halogens is 3. The van der Waals surface area contributed by atoms with Gasteiger partial charge in [-0.1, -0.05) is 13.8 Å². The lowest BCUT2D eigenvalue weighted by molar-refractivity contribution is -0.0800. The smallest absolute Gasteiger partial charge is 0.250 e. The van der Waals surface area contributed by atoms with Crippen molar-refractivity contribution in [1.29, 1.82) is 0 Å². The highest BCUT2D eigenvalue weighted by Crippen LogP contribution is 2.34. The highest BCUT2D eigenvalue weighted by molar-refractivity contribution is 5.50. The van der Waals surface area contributed by atoms with E-state index in [2.05, 4.69) is 15.4 Å². The van der Waals surface area contributed by atoms with E-state index in [1.54, 1.807) is 0 Å². The van der Waals surface area contributed by atoms with Gasteiger partial charge in [0.2, 0.25) is 5.95 Å². The highest BCUT2D eigenvalue weighted by Gasteiger charge is 2.41. The standard InChI is InChI=1S/C15H19F3N4O/c1-8(2)11-5-9(16)12-7-19-14(21-22(11)12)20-10-3-4-15(17,18)6-13(10)23/h5,7-8,10,13,23H,3-4,6H2,1-2H3,(H,20,21)/t10-,13-/m1/s1. The molecule has 0 saturated heterocycles. The highest BCUT2D eigenvalue weighted by atomic mass is 19.3. The quantitative estimate of drug-likeness (QED) is 0.909. The number of aliphatic hydroxyl groups excluding tert-OH is 1. The second-order valence-electron chi connectivity index (χ2n) is 6.37. The Balaban J connectivity index is 1.85. The van der Waals surface area contributed by atoms with Crippen LogP contribution >= 0.6 is 0 Å². The molecule has 0 aromatic carbocycles. The van der Waals surface area contributed by atoms with Crippen molar-refractivity contribution in [3.8, 4) is 0 Å². The first-order valence-corrected chi connectivity index (χ1v) is 7.63. The Labute approximate surface area is 131 Å². The molecule has 2 heterocycles. The number of rotatable bonds is 3. The molecular weight excluding hydrogens is 309 g/mol. The van der Waals surface area contributed by atoms with Crippen LogP contribution in [-0.4, -0.2) is 37.8 Å². The molecule has 2 aromatic rings. The van der Waals surface area contributed by atoms with E-state index in [9.17, 15) is 18.3 Å². The Morgan fingerprint density at radius 3 is 2.83 bits per heavy atom. The summed E-state index contributed by atoms with van der Waals surface area (Å²) in [5.41, 5.74) is 0.952. The molecule has 0 aliphatic heterocycles. The second kappa shape index (κ2) is 5.67. The molecule has 0 radical (unpaired) electrons. The van der Waals surface area contributed by atoms with Gasteiger partial charge in [-0.2, -0.15) is 0 Å².